The molecule has 6 heteroatoms. The first-order valence-corrected chi connectivity index (χ1v) is 11.4. The summed E-state index contributed by atoms with van der Waals surface area (Å²) in [5.74, 6) is 0. The molecule has 0 saturated heterocycles. The molecule has 3 aromatic rings. The molecule has 0 radical (unpaired) electrons. The van der Waals surface area contributed by atoms with Gasteiger partial charge in [0.2, 0.25) is 0 Å². The normalized spacial score (nSPS) is 14.6. The molecule has 0 N–H and O–H groups in total. The van der Waals surface area contributed by atoms with E-state index in [1.807, 2.05) is 41.1 Å². The molecule has 0 spiro atoms. The van der Waals surface area contributed by atoms with Gasteiger partial charge in [-0.2, -0.15) is 5.10 Å². The fourth-order valence-corrected chi connectivity index (χ4v) is 4.41. The predicted octanol–water partition coefficient (Wildman–Crippen LogP) is 4.87. The van der Waals surface area contributed by atoms with Crippen LogP contribution in [0.5, 0.6) is 0 Å². The van der Waals surface area contributed by atoms with Crippen molar-refractivity contribution in [2.45, 2.75) is 37.0 Å². The van der Waals surface area contributed by atoms with Crippen molar-refractivity contribution in [3.05, 3.63) is 64.8 Å². The zero-order chi connectivity index (χ0) is 19.0. The van der Waals surface area contributed by atoms with Crippen LogP contribution in [-0.4, -0.2) is 24.5 Å². The molecular weight excluding hydrogens is 380 g/mol. The number of rotatable bonds is 3. The highest BCUT2D eigenvalue weighted by Gasteiger charge is 2.22. The van der Waals surface area contributed by atoms with Gasteiger partial charge in [0.05, 0.1) is 22.0 Å². The van der Waals surface area contributed by atoms with Crippen LogP contribution in [0.4, 0.5) is 0 Å². The fourth-order valence-electron chi connectivity index (χ4n) is 3.66. The highest BCUT2D eigenvalue weighted by Crippen LogP contribution is 2.33. The molecule has 0 unspecified atom stereocenters. The number of benzene rings is 2. The molecule has 0 aliphatic heterocycles. The zero-order valence-electron chi connectivity index (χ0n) is 15.2. The SMILES string of the molecule is CS(=O)(=O)c1ccc(-n2nc3c(c2-c2ccc(Cl)cc2)CCCCC3)cc1. The summed E-state index contributed by atoms with van der Waals surface area (Å²) in [7, 11) is -3.22. The van der Waals surface area contributed by atoms with Crippen molar-refractivity contribution in [3.8, 4) is 16.9 Å². The van der Waals surface area contributed by atoms with Crippen LogP contribution in [0.25, 0.3) is 16.9 Å². The van der Waals surface area contributed by atoms with Crippen LogP contribution in [0.1, 0.15) is 30.5 Å². The number of aromatic nitrogens is 2. The third-order valence-electron chi connectivity index (χ3n) is 5.03. The third-order valence-corrected chi connectivity index (χ3v) is 6.41. The summed E-state index contributed by atoms with van der Waals surface area (Å²) in [4.78, 5) is 0.313. The number of hydrogen-bond acceptors (Lipinski definition) is 3. The first-order chi connectivity index (χ1) is 12.9. The van der Waals surface area contributed by atoms with Crippen LogP contribution < -0.4 is 0 Å². The highest BCUT2D eigenvalue weighted by atomic mass is 35.5. The number of fused-ring (bicyclic) bond motifs is 1. The molecule has 1 heterocycles. The monoisotopic (exact) mass is 400 g/mol. The summed E-state index contributed by atoms with van der Waals surface area (Å²) in [5, 5.41) is 5.61. The summed E-state index contributed by atoms with van der Waals surface area (Å²) in [6, 6.07) is 14.8. The highest BCUT2D eigenvalue weighted by molar-refractivity contribution is 7.90. The van der Waals surface area contributed by atoms with Gasteiger partial charge in [-0.25, -0.2) is 13.1 Å². The van der Waals surface area contributed by atoms with Crippen molar-refractivity contribution < 1.29 is 8.42 Å². The van der Waals surface area contributed by atoms with E-state index in [0.29, 0.717) is 9.92 Å². The minimum Gasteiger partial charge on any atom is -0.233 e. The summed E-state index contributed by atoms with van der Waals surface area (Å²) >= 11 is 6.08. The maximum Gasteiger partial charge on any atom is 0.175 e. The molecule has 0 saturated carbocycles. The van der Waals surface area contributed by atoms with Gasteiger partial charge < -0.3 is 0 Å². The topological polar surface area (TPSA) is 52.0 Å². The molecular formula is C21H21ClN2O2S. The summed E-state index contributed by atoms with van der Waals surface area (Å²) < 4.78 is 25.5. The molecule has 1 aliphatic rings. The first-order valence-electron chi connectivity index (χ1n) is 9.11. The Bertz CT molecular complexity index is 1070. The van der Waals surface area contributed by atoms with Crippen molar-refractivity contribution in [1.29, 1.82) is 0 Å². The van der Waals surface area contributed by atoms with Crippen molar-refractivity contribution in [2.24, 2.45) is 0 Å². The molecule has 4 nitrogen and oxygen atoms in total. The Morgan fingerprint density at radius 2 is 1.59 bits per heavy atom. The van der Waals surface area contributed by atoms with Gasteiger partial charge in [0, 0.05) is 22.4 Å². The number of hydrogen-bond donors (Lipinski definition) is 0. The minimum absolute atomic E-state index is 0.313. The Labute approximate surface area is 164 Å². The molecule has 27 heavy (non-hydrogen) atoms. The second kappa shape index (κ2) is 7.13. The minimum atomic E-state index is -3.22. The number of sulfone groups is 1. The van der Waals surface area contributed by atoms with Crippen LogP contribution in [-0.2, 0) is 22.7 Å². The Morgan fingerprint density at radius 3 is 2.26 bits per heavy atom. The number of aryl methyl sites for hydroxylation is 1. The maximum atomic E-state index is 11.8. The van der Waals surface area contributed by atoms with E-state index in [1.165, 1.54) is 18.2 Å². The van der Waals surface area contributed by atoms with Crippen molar-refractivity contribution in [3.63, 3.8) is 0 Å². The average Bonchev–Trinajstić information content (AvgIpc) is 2.84. The zero-order valence-corrected chi connectivity index (χ0v) is 16.7. The van der Waals surface area contributed by atoms with Crippen molar-refractivity contribution in [1.82, 2.24) is 9.78 Å². The fraction of sp³-hybridized carbons (Fsp3) is 0.286. The summed E-state index contributed by atoms with van der Waals surface area (Å²) in [6.07, 6.45) is 6.74. The smallest absolute Gasteiger partial charge is 0.175 e. The second-order valence-electron chi connectivity index (χ2n) is 7.02. The van der Waals surface area contributed by atoms with E-state index >= 15 is 0 Å². The first kappa shape index (κ1) is 18.3. The molecule has 1 aliphatic carbocycles. The Kier molecular flexibility index (Phi) is 4.82. The molecule has 2 aromatic carbocycles. The average molecular weight is 401 g/mol. The van der Waals surface area contributed by atoms with Gasteiger partial charge in [0.25, 0.3) is 0 Å². The van der Waals surface area contributed by atoms with E-state index in [-0.39, 0.29) is 0 Å². The van der Waals surface area contributed by atoms with Gasteiger partial charge >= 0.3 is 0 Å². The van der Waals surface area contributed by atoms with E-state index in [0.717, 1.165) is 48.3 Å². The Balaban J connectivity index is 1.88. The van der Waals surface area contributed by atoms with E-state index in [2.05, 4.69) is 0 Å². The van der Waals surface area contributed by atoms with E-state index in [9.17, 15) is 8.42 Å². The summed E-state index contributed by atoms with van der Waals surface area (Å²) in [5.41, 5.74) is 5.45. The van der Waals surface area contributed by atoms with Crippen LogP contribution in [0.15, 0.2) is 53.4 Å². The lowest BCUT2D eigenvalue weighted by Gasteiger charge is -2.11. The maximum absolute atomic E-state index is 11.8. The Hall–Kier alpha value is -2.11. The largest absolute Gasteiger partial charge is 0.233 e. The third kappa shape index (κ3) is 3.66. The standard InChI is InChI=1S/C21H21ClN2O2S/c1-27(25,26)18-13-11-17(12-14-18)24-21(15-7-9-16(22)10-8-15)19-5-3-2-4-6-20(19)23-24/h7-14H,2-6H2,1H3. The van der Waals surface area contributed by atoms with E-state index in [1.54, 1.807) is 12.1 Å². The van der Waals surface area contributed by atoms with Crippen LogP contribution >= 0.6 is 11.6 Å². The summed E-state index contributed by atoms with van der Waals surface area (Å²) in [6.45, 7) is 0. The van der Waals surface area contributed by atoms with E-state index in [4.69, 9.17) is 16.7 Å². The van der Waals surface area contributed by atoms with Gasteiger partial charge in [0.15, 0.2) is 9.84 Å². The number of halogens is 1. The number of nitrogens with zero attached hydrogens (tertiary/aromatic N) is 2. The van der Waals surface area contributed by atoms with Crippen molar-refractivity contribution >= 4 is 21.4 Å². The lowest BCUT2D eigenvalue weighted by Crippen LogP contribution is -2.02. The van der Waals surface area contributed by atoms with Gasteiger partial charge in [-0.3, -0.25) is 0 Å². The molecule has 140 valence electrons. The van der Waals surface area contributed by atoms with Crippen LogP contribution in [0.3, 0.4) is 0 Å². The molecule has 0 atom stereocenters. The van der Waals surface area contributed by atoms with Gasteiger partial charge in [-0.1, -0.05) is 30.2 Å². The molecule has 4 rings (SSSR count). The van der Waals surface area contributed by atoms with Crippen molar-refractivity contribution in [2.75, 3.05) is 6.26 Å². The molecule has 1 aromatic heterocycles. The van der Waals surface area contributed by atoms with E-state index < -0.39 is 9.84 Å². The second-order valence-corrected chi connectivity index (χ2v) is 9.47. The lowest BCUT2D eigenvalue weighted by molar-refractivity contribution is 0.602. The quantitative estimate of drug-likeness (QED) is 0.589. The lowest BCUT2D eigenvalue weighted by atomic mass is 10.0. The van der Waals surface area contributed by atoms with Gasteiger partial charge in [0.1, 0.15) is 0 Å². The predicted molar refractivity (Wildman–Crippen MR) is 108 cm³/mol. The van der Waals surface area contributed by atoms with Gasteiger partial charge in [-0.15, -0.1) is 0 Å². The Morgan fingerprint density at radius 1 is 0.926 bits per heavy atom. The van der Waals surface area contributed by atoms with Crippen LogP contribution in [0, 0.1) is 0 Å². The van der Waals surface area contributed by atoms with Crippen LogP contribution in [0.2, 0.25) is 5.02 Å². The molecule has 0 fully saturated rings. The molecule has 0 bridgehead atoms. The van der Waals surface area contributed by atoms with Gasteiger partial charge in [-0.05, 0) is 62.1 Å². The molecule has 0 amide bonds.